The van der Waals surface area contributed by atoms with E-state index in [4.69, 9.17) is 0 Å². The lowest BCUT2D eigenvalue weighted by Gasteiger charge is -2.05. The highest BCUT2D eigenvalue weighted by molar-refractivity contribution is 9.09. The molecule has 0 bridgehead atoms. The molecule has 0 aliphatic heterocycles. The van der Waals surface area contributed by atoms with Gasteiger partial charge in [0, 0.05) is 18.1 Å². The fourth-order valence-corrected chi connectivity index (χ4v) is 1.44. The molecule has 1 aromatic heterocycles. The monoisotopic (exact) mass is 246 g/mol. The number of hydrogen-bond acceptors (Lipinski definition) is 2. The van der Waals surface area contributed by atoms with Crippen LogP contribution in [0.1, 0.15) is 25.6 Å². The molecule has 0 aromatic carbocycles. The van der Waals surface area contributed by atoms with Gasteiger partial charge >= 0.3 is 0 Å². The van der Waals surface area contributed by atoms with Gasteiger partial charge in [-0.15, -0.1) is 0 Å². The number of nitrogens with zero attached hydrogens (tertiary/aromatic N) is 2. The fourth-order valence-electron chi connectivity index (χ4n) is 1.11. The van der Waals surface area contributed by atoms with Crippen molar-refractivity contribution in [3.05, 3.63) is 18.0 Å². The molecule has 0 spiro atoms. The van der Waals surface area contributed by atoms with Crippen LogP contribution in [0.2, 0.25) is 0 Å². The molecule has 4 heteroatoms. The lowest BCUT2D eigenvalue weighted by molar-refractivity contribution is 0.199. The van der Waals surface area contributed by atoms with Crippen molar-refractivity contribution in [3.63, 3.8) is 0 Å². The van der Waals surface area contributed by atoms with Crippen LogP contribution in [0.3, 0.4) is 0 Å². The molecule has 0 amide bonds. The second-order valence-electron chi connectivity index (χ2n) is 3.53. The zero-order valence-electron chi connectivity index (χ0n) is 7.94. The van der Waals surface area contributed by atoms with Gasteiger partial charge in [0.2, 0.25) is 0 Å². The average molecular weight is 247 g/mol. The molecule has 0 radical (unpaired) electrons. The number of alkyl halides is 1. The molecule has 1 unspecified atom stereocenters. The third-order valence-corrected chi connectivity index (χ3v) is 2.31. The topological polar surface area (TPSA) is 38.0 Å². The minimum absolute atomic E-state index is 0.492. The Labute approximate surface area is 86.9 Å². The molecule has 0 aliphatic carbocycles. The molecular weight excluding hydrogens is 232 g/mol. The summed E-state index contributed by atoms with van der Waals surface area (Å²) in [6, 6.07) is 1.86. The molecule has 0 aliphatic rings. The highest BCUT2D eigenvalue weighted by Gasteiger charge is 2.09. The van der Waals surface area contributed by atoms with E-state index in [1.54, 1.807) is 0 Å². The van der Waals surface area contributed by atoms with Gasteiger partial charge in [-0.2, -0.15) is 5.10 Å². The maximum Gasteiger partial charge on any atom is 0.107 e. The normalized spacial score (nSPS) is 13.6. The van der Waals surface area contributed by atoms with Gasteiger partial charge in [0.05, 0.1) is 5.69 Å². The summed E-state index contributed by atoms with van der Waals surface area (Å²) >= 11 is 3.21. The summed E-state index contributed by atoms with van der Waals surface area (Å²) in [5, 5.41) is 14.2. The first-order chi connectivity index (χ1) is 6.13. The second-order valence-corrected chi connectivity index (χ2v) is 4.17. The number of aliphatic hydroxyl groups excluding tert-OH is 1. The van der Waals surface area contributed by atoms with E-state index in [0.717, 1.165) is 12.2 Å². The molecule has 3 nitrogen and oxygen atoms in total. The third-order valence-electron chi connectivity index (χ3n) is 1.70. The van der Waals surface area contributed by atoms with Crippen LogP contribution in [-0.2, 0) is 6.54 Å². The molecule has 74 valence electrons. The summed E-state index contributed by atoms with van der Waals surface area (Å²) in [5.41, 5.74) is 0.734. The molecule has 0 saturated carbocycles. The third kappa shape index (κ3) is 3.12. The number of aliphatic hydroxyl groups is 1. The van der Waals surface area contributed by atoms with E-state index < -0.39 is 6.10 Å². The molecular formula is C9H15BrN2O. The Morgan fingerprint density at radius 2 is 2.31 bits per heavy atom. The number of rotatable bonds is 4. The van der Waals surface area contributed by atoms with E-state index in [1.807, 2.05) is 16.9 Å². The van der Waals surface area contributed by atoms with Gasteiger partial charge in [-0.1, -0.05) is 29.8 Å². The second kappa shape index (κ2) is 4.77. The van der Waals surface area contributed by atoms with E-state index in [2.05, 4.69) is 34.9 Å². The Morgan fingerprint density at radius 3 is 2.85 bits per heavy atom. The summed E-state index contributed by atoms with van der Waals surface area (Å²) in [7, 11) is 0. The van der Waals surface area contributed by atoms with Crippen molar-refractivity contribution in [2.75, 3.05) is 5.33 Å². The van der Waals surface area contributed by atoms with Crippen LogP contribution in [0.4, 0.5) is 0 Å². The predicted octanol–water partition coefficient (Wildman–Crippen LogP) is 1.97. The summed E-state index contributed by atoms with van der Waals surface area (Å²) < 4.78 is 1.87. The summed E-state index contributed by atoms with van der Waals surface area (Å²) in [4.78, 5) is 0. The first-order valence-electron chi connectivity index (χ1n) is 4.41. The maximum absolute atomic E-state index is 9.45. The molecule has 0 saturated heterocycles. The molecule has 13 heavy (non-hydrogen) atoms. The predicted molar refractivity (Wildman–Crippen MR) is 55.8 cm³/mol. The smallest absolute Gasteiger partial charge is 0.107 e. The Kier molecular flexibility index (Phi) is 3.93. The summed E-state index contributed by atoms with van der Waals surface area (Å²) in [6.07, 6.45) is 1.41. The fraction of sp³-hybridized carbons (Fsp3) is 0.667. The quantitative estimate of drug-likeness (QED) is 0.826. The van der Waals surface area contributed by atoms with Crippen molar-refractivity contribution < 1.29 is 5.11 Å². The van der Waals surface area contributed by atoms with Gasteiger partial charge in [0.25, 0.3) is 0 Å². The van der Waals surface area contributed by atoms with Crippen molar-refractivity contribution in [1.82, 2.24) is 9.78 Å². The van der Waals surface area contributed by atoms with Crippen LogP contribution in [0.5, 0.6) is 0 Å². The lowest BCUT2D eigenvalue weighted by atomic mass is 10.2. The van der Waals surface area contributed by atoms with Crippen molar-refractivity contribution in [1.29, 1.82) is 0 Å². The van der Waals surface area contributed by atoms with E-state index in [0.29, 0.717) is 11.2 Å². The van der Waals surface area contributed by atoms with Crippen molar-refractivity contribution in [2.45, 2.75) is 26.5 Å². The van der Waals surface area contributed by atoms with Crippen LogP contribution in [0.15, 0.2) is 12.3 Å². The molecule has 1 aromatic rings. The number of halogens is 1. The minimum Gasteiger partial charge on any atom is -0.386 e. The minimum atomic E-state index is -0.492. The van der Waals surface area contributed by atoms with Crippen LogP contribution in [0, 0.1) is 5.92 Å². The Morgan fingerprint density at radius 1 is 1.62 bits per heavy atom. The number of aromatic nitrogens is 2. The van der Waals surface area contributed by atoms with Crippen LogP contribution < -0.4 is 0 Å². The van der Waals surface area contributed by atoms with E-state index in [1.165, 1.54) is 0 Å². The highest BCUT2D eigenvalue weighted by Crippen LogP contribution is 2.12. The van der Waals surface area contributed by atoms with E-state index in [9.17, 15) is 5.11 Å². The zero-order valence-corrected chi connectivity index (χ0v) is 9.53. The SMILES string of the molecule is CC(C)Cn1ccc(C(O)CBr)n1. The van der Waals surface area contributed by atoms with Crippen LogP contribution in [0.25, 0.3) is 0 Å². The Hall–Kier alpha value is -0.350. The van der Waals surface area contributed by atoms with Crippen LogP contribution >= 0.6 is 15.9 Å². The standard InChI is InChI=1S/C9H15BrN2O/c1-7(2)6-12-4-3-8(11-12)9(13)5-10/h3-4,7,9,13H,5-6H2,1-2H3. The van der Waals surface area contributed by atoms with Gasteiger partial charge in [0.1, 0.15) is 6.10 Å². The molecule has 1 rings (SSSR count). The Bertz CT molecular complexity index is 260. The molecule has 1 atom stereocenters. The molecule has 1 heterocycles. The largest absolute Gasteiger partial charge is 0.386 e. The van der Waals surface area contributed by atoms with Gasteiger partial charge < -0.3 is 5.11 Å². The van der Waals surface area contributed by atoms with Crippen molar-refractivity contribution in [3.8, 4) is 0 Å². The first kappa shape index (κ1) is 10.7. The van der Waals surface area contributed by atoms with E-state index in [-0.39, 0.29) is 0 Å². The average Bonchev–Trinajstić information content (AvgIpc) is 2.50. The summed E-state index contributed by atoms with van der Waals surface area (Å²) in [6.45, 7) is 5.18. The lowest BCUT2D eigenvalue weighted by Crippen LogP contribution is -2.07. The van der Waals surface area contributed by atoms with E-state index >= 15 is 0 Å². The van der Waals surface area contributed by atoms with Gasteiger partial charge in [-0.25, -0.2) is 0 Å². The highest BCUT2D eigenvalue weighted by atomic mass is 79.9. The van der Waals surface area contributed by atoms with Gasteiger partial charge in [-0.3, -0.25) is 4.68 Å². The number of hydrogen-bond donors (Lipinski definition) is 1. The van der Waals surface area contributed by atoms with Gasteiger partial charge in [-0.05, 0) is 12.0 Å². The van der Waals surface area contributed by atoms with Crippen molar-refractivity contribution in [2.24, 2.45) is 5.92 Å². The molecule has 0 fully saturated rings. The zero-order chi connectivity index (χ0) is 9.84. The maximum atomic E-state index is 9.45. The van der Waals surface area contributed by atoms with Crippen LogP contribution in [-0.4, -0.2) is 20.2 Å². The summed E-state index contributed by atoms with van der Waals surface area (Å²) in [5.74, 6) is 0.578. The molecule has 1 N–H and O–H groups in total. The first-order valence-corrected chi connectivity index (χ1v) is 5.53. The van der Waals surface area contributed by atoms with Gasteiger partial charge in [0.15, 0.2) is 0 Å². The van der Waals surface area contributed by atoms with Crippen molar-refractivity contribution >= 4 is 15.9 Å². The Balaban J connectivity index is 2.63.